The van der Waals surface area contributed by atoms with Gasteiger partial charge in [0, 0.05) is 45.1 Å². The Morgan fingerprint density at radius 2 is 1.83 bits per heavy atom. The summed E-state index contributed by atoms with van der Waals surface area (Å²) in [6.07, 6.45) is 6.10. The van der Waals surface area contributed by atoms with Crippen LogP contribution in [0.3, 0.4) is 0 Å². The molecule has 2 aromatic carbocycles. The van der Waals surface area contributed by atoms with Crippen molar-refractivity contribution in [1.82, 2.24) is 24.9 Å². The molecule has 218 valence electrons. The second-order valence-electron chi connectivity index (χ2n) is 12.4. The van der Waals surface area contributed by atoms with Gasteiger partial charge in [0.05, 0.1) is 24.3 Å². The fourth-order valence-electron chi connectivity index (χ4n) is 5.88. The van der Waals surface area contributed by atoms with Crippen LogP contribution in [0.2, 0.25) is 0 Å². The molecule has 2 aliphatic heterocycles. The van der Waals surface area contributed by atoms with E-state index in [1.54, 1.807) is 25.3 Å². The van der Waals surface area contributed by atoms with Crippen molar-refractivity contribution < 1.29 is 20.2 Å². The van der Waals surface area contributed by atoms with Gasteiger partial charge in [-0.2, -0.15) is 5.10 Å². The lowest BCUT2D eigenvalue weighted by Gasteiger charge is -2.48. The lowest BCUT2D eigenvalue weighted by Crippen LogP contribution is -2.60. The molecule has 1 spiro atoms. The summed E-state index contributed by atoms with van der Waals surface area (Å²) in [6.45, 7) is 9.89. The zero-order valence-corrected chi connectivity index (χ0v) is 23.9. The molecule has 8 nitrogen and oxygen atoms in total. The molecule has 0 unspecified atom stereocenters. The van der Waals surface area contributed by atoms with Crippen molar-refractivity contribution in [2.45, 2.75) is 46.2 Å². The highest BCUT2D eigenvalue weighted by atomic mass is 19.1. The molecule has 3 fully saturated rings. The standard InChI is InChI=1S/C23H28N4O2.C9H10FNO.H2/c1-22(2)10-19(22)21(29)26-15-23(16-26)8-9-25(14-23)20(28)18-11-24-27(13-18)12-17-6-4-3-5-7-17;1-7(11-6-12)8-3-2-4-9(10)5-8;/h3-7,11,13,19H,8-10,12,14-16H2,1-2H3;2-7H,1H3,(H,11,12);1H/t19-;7-;/m10./s1. The average molecular weight is 562 g/mol. The third-order valence-corrected chi connectivity index (χ3v) is 8.64. The maximum Gasteiger partial charge on any atom is 0.257 e. The third-order valence-electron chi connectivity index (χ3n) is 8.64. The maximum atomic E-state index is 13.0. The molecule has 1 aromatic heterocycles. The van der Waals surface area contributed by atoms with E-state index in [1.807, 2.05) is 38.9 Å². The van der Waals surface area contributed by atoms with E-state index in [9.17, 15) is 18.8 Å². The molecular formula is C32H40FN5O3. The van der Waals surface area contributed by atoms with E-state index in [-0.39, 0.29) is 35.9 Å². The minimum Gasteiger partial charge on any atom is -0.352 e. The number of halogens is 1. The fourth-order valence-corrected chi connectivity index (χ4v) is 5.88. The Hall–Kier alpha value is -4.01. The first kappa shape index (κ1) is 28.5. The summed E-state index contributed by atoms with van der Waals surface area (Å²) in [4.78, 5) is 39.5. The summed E-state index contributed by atoms with van der Waals surface area (Å²) >= 11 is 0. The van der Waals surface area contributed by atoms with Gasteiger partial charge in [-0.25, -0.2) is 4.39 Å². The molecule has 2 atom stereocenters. The first-order valence-corrected chi connectivity index (χ1v) is 14.2. The largest absolute Gasteiger partial charge is 0.352 e. The summed E-state index contributed by atoms with van der Waals surface area (Å²) in [5.41, 5.74) is 2.85. The van der Waals surface area contributed by atoms with Crippen molar-refractivity contribution in [3.8, 4) is 0 Å². The van der Waals surface area contributed by atoms with E-state index in [0.717, 1.165) is 50.1 Å². The number of hydrogen-bond acceptors (Lipinski definition) is 4. The van der Waals surface area contributed by atoms with E-state index in [2.05, 4.69) is 36.4 Å². The minimum atomic E-state index is -0.285. The van der Waals surface area contributed by atoms with E-state index in [4.69, 9.17) is 0 Å². The Morgan fingerprint density at radius 1 is 1.12 bits per heavy atom. The Balaban J connectivity index is 0.000000264. The Labute approximate surface area is 242 Å². The van der Waals surface area contributed by atoms with Crippen LogP contribution >= 0.6 is 0 Å². The van der Waals surface area contributed by atoms with E-state index in [0.29, 0.717) is 24.4 Å². The Morgan fingerprint density at radius 3 is 2.49 bits per heavy atom. The van der Waals surface area contributed by atoms with Gasteiger partial charge in [0.25, 0.3) is 5.91 Å². The number of hydrogen-bond donors (Lipinski definition) is 1. The van der Waals surface area contributed by atoms with Crippen LogP contribution < -0.4 is 5.32 Å². The third kappa shape index (κ3) is 6.50. The topological polar surface area (TPSA) is 87.5 Å². The maximum absolute atomic E-state index is 13.0. The molecule has 0 radical (unpaired) electrons. The average Bonchev–Trinajstić information content (AvgIpc) is 3.28. The number of amides is 3. The summed E-state index contributed by atoms with van der Waals surface area (Å²) in [7, 11) is 0. The van der Waals surface area contributed by atoms with Crippen molar-refractivity contribution in [2.24, 2.45) is 16.7 Å². The van der Waals surface area contributed by atoms with E-state index < -0.39 is 0 Å². The predicted molar refractivity (Wildman–Crippen MR) is 155 cm³/mol. The molecule has 3 amide bonds. The molecular weight excluding hydrogens is 521 g/mol. The molecule has 1 aliphatic carbocycles. The number of carbonyl (C=O) groups is 3. The second-order valence-corrected chi connectivity index (χ2v) is 12.4. The summed E-state index contributed by atoms with van der Waals surface area (Å²) in [6, 6.07) is 16.1. The lowest BCUT2D eigenvalue weighted by atomic mass is 9.78. The summed E-state index contributed by atoms with van der Waals surface area (Å²) < 4.78 is 14.5. The Kier molecular flexibility index (Phi) is 7.98. The number of nitrogens with zero attached hydrogens (tertiary/aromatic N) is 4. The molecule has 6 rings (SSSR count). The van der Waals surface area contributed by atoms with Crippen LogP contribution in [0.15, 0.2) is 67.0 Å². The SMILES string of the molecule is CC1(C)C[C@@H]1C(=O)N1CC2(CCN(C(=O)c3cnn(Cc4ccccc4)c3)C2)C1.C[C@H](NC=O)c1cccc(F)c1.[HH]. The highest BCUT2D eigenvalue weighted by Crippen LogP contribution is 2.54. The van der Waals surface area contributed by atoms with Crippen LogP contribution in [-0.2, 0) is 16.1 Å². The van der Waals surface area contributed by atoms with Gasteiger partial charge in [0.15, 0.2) is 0 Å². The van der Waals surface area contributed by atoms with Gasteiger partial charge in [-0.1, -0.05) is 56.3 Å². The first-order valence-electron chi connectivity index (χ1n) is 14.2. The zero-order valence-electron chi connectivity index (χ0n) is 23.9. The molecule has 9 heteroatoms. The molecule has 3 heterocycles. The fraction of sp³-hybridized carbons (Fsp3) is 0.438. The highest BCUT2D eigenvalue weighted by molar-refractivity contribution is 5.94. The molecule has 41 heavy (non-hydrogen) atoms. The predicted octanol–water partition coefficient (Wildman–Crippen LogP) is 4.53. The molecule has 0 bridgehead atoms. The van der Waals surface area contributed by atoms with Crippen molar-refractivity contribution >= 4 is 18.2 Å². The van der Waals surface area contributed by atoms with Crippen molar-refractivity contribution in [2.75, 3.05) is 26.2 Å². The molecule has 3 aliphatic rings. The number of rotatable bonds is 7. The molecule has 3 aromatic rings. The molecule has 2 saturated heterocycles. The monoisotopic (exact) mass is 561 g/mol. The molecule has 1 N–H and O–H groups in total. The number of carbonyl (C=O) groups excluding carboxylic acids is 3. The van der Waals surface area contributed by atoms with E-state index in [1.165, 1.54) is 12.1 Å². The number of aromatic nitrogens is 2. The van der Waals surface area contributed by atoms with Gasteiger partial charge in [0.1, 0.15) is 5.82 Å². The van der Waals surface area contributed by atoms with Crippen LogP contribution in [0.25, 0.3) is 0 Å². The van der Waals surface area contributed by atoms with Gasteiger partial charge < -0.3 is 15.1 Å². The number of likely N-dealkylation sites (tertiary alicyclic amines) is 2. The van der Waals surface area contributed by atoms with Crippen LogP contribution in [0.5, 0.6) is 0 Å². The lowest BCUT2D eigenvalue weighted by molar-refractivity contribution is -0.144. The smallest absolute Gasteiger partial charge is 0.257 e. The zero-order chi connectivity index (χ0) is 29.2. The Bertz CT molecular complexity index is 1410. The van der Waals surface area contributed by atoms with Crippen LogP contribution in [0, 0.1) is 22.6 Å². The first-order chi connectivity index (χ1) is 19.6. The molecule has 1 saturated carbocycles. The highest BCUT2D eigenvalue weighted by Gasteiger charge is 2.57. The minimum absolute atomic E-state index is 0. The van der Waals surface area contributed by atoms with Crippen LogP contribution in [-0.4, -0.2) is 64.0 Å². The van der Waals surface area contributed by atoms with Crippen molar-refractivity contribution in [3.63, 3.8) is 0 Å². The van der Waals surface area contributed by atoms with Gasteiger partial charge >= 0.3 is 0 Å². The quantitative estimate of drug-likeness (QED) is 0.430. The summed E-state index contributed by atoms with van der Waals surface area (Å²) in [5, 5.41) is 6.91. The van der Waals surface area contributed by atoms with Gasteiger partial charge in [-0.15, -0.1) is 0 Å². The van der Waals surface area contributed by atoms with Crippen molar-refractivity contribution in [1.29, 1.82) is 0 Å². The van der Waals surface area contributed by atoms with Crippen LogP contribution in [0.1, 0.15) is 62.6 Å². The van der Waals surface area contributed by atoms with Gasteiger partial charge in [-0.3, -0.25) is 19.1 Å². The number of nitrogens with one attached hydrogen (secondary N) is 1. The normalized spacial score (nSPS) is 20.4. The van der Waals surface area contributed by atoms with Crippen molar-refractivity contribution in [3.05, 3.63) is 89.5 Å². The van der Waals surface area contributed by atoms with Gasteiger partial charge in [0.2, 0.25) is 12.3 Å². The summed E-state index contributed by atoms with van der Waals surface area (Å²) in [5.74, 6) is 0.281. The van der Waals surface area contributed by atoms with E-state index >= 15 is 0 Å². The number of benzene rings is 2. The van der Waals surface area contributed by atoms with Gasteiger partial charge in [-0.05, 0) is 48.4 Å². The second kappa shape index (κ2) is 11.5. The van der Waals surface area contributed by atoms with Crippen LogP contribution in [0.4, 0.5) is 4.39 Å².